The lowest BCUT2D eigenvalue weighted by atomic mass is 10.0. The van der Waals surface area contributed by atoms with Crippen molar-refractivity contribution in [2.24, 2.45) is 0 Å². The Morgan fingerprint density at radius 3 is 2.50 bits per heavy atom. The zero-order valence-corrected chi connectivity index (χ0v) is 12.1. The van der Waals surface area contributed by atoms with Crippen LogP contribution in [0.15, 0.2) is 10.8 Å². The number of rotatable bonds is 5. The van der Waals surface area contributed by atoms with E-state index in [2.05, 4.69) is 36.5 Å². The normalized spacial score (nSPS) is 17.7. The second-order valence-corrected chi connectivity index (χ2v) is 5.49. The summed E-state index contributed by atoms with van der Waals surface area (Å²) in [4.78, 5) is 8.35. The molecule has 1 fully saturated rings. The van der Waals surface area contributed by atoms with Gasteiger partial charge >= 0.3 is 0 Å². The van der Waals surface area contributed by atoms with E-state index in [9.17, 15) is 5.11 Å². The van der Waals surface area contributed by atoms with Crippen LogP contribution in [0.5, 0.6) is 0 Å². The Morgan fingerprint density at radius 2 is 1.89 bits per heavy atom. The smallest absolute Gasteiger partial charge is 0.146 e. The summed E-state index contributed by atoms with van der Waals surface area (Å²) in [5.74, 6) is 1.50. The molecule has 0 aliphatic heterocycles. The van der Waals surface area contributed by atoms with Crippen molar-refractivity contribution in [2.45, 2.75) is 38.2 Å². The lowest BCUT2D eigenvalue weighted by Crippen LogP contribution is -2.33. The second-order valence-electron chi connectivity index (χ2n) is 4.70. The first-order valence-electron chi connectivity index (χ1n) is 6.35. The fraction of sp³-hybridized carbons (Fsp3) is 0.667. The minimum Gasteiger partial charge on any atom is -0.388 e. The van der Waals surface area contributed by atoms with Gasteiger partial charge in [0, 0.05) is 13.1 Å². The summed E-state index contributed by atoms with van der Waals surface area (Å²) in [6, 6.07) is 0. The number of anilines is 2. The first kappa shape index (κ1) is 13.5. The fourth-order valence-electron chi connectivity index (χ4n) is 2.24. The van der Waals surface area contributed by atoms with Gasteiger partial charge < -0.3 is 15.7 Å². The van der Waals surface area contributed by atoms with Gasteiger partial charge in [-0.2, -0.15) is 0 Å². The Balaban J connectivity index is 2.02. The summed E-state index contributed by atoms with van der Waals surface area (Å²) in [5.41, 5.74) is -0.581. The molecule has 1 aliphatic rings. The standard InChI is InChI=1S/C12H19BrN4O/c1-2-14-10-9(13)11(17-8-16-10)15-7-12(18)5-3-4-6-12/h8,18H,2-7H2,1H3,(H2,14,15,16,17). The Bertz CT molecular complexity index is 407. The van der Waals surface area contributed by atoms with E-state index in [0.29, 0.717) is 6.54 Å². The summed E-state index contributed by atoms with van der Waals surface area (Å²) >= 11 is 3.48. The molecule has 0 radical (unpaired) electrons. The second kappa shape index (κ2) is 5.84. The molecule has 1 heterocycles. The quantitative estimate of drug-likeness (QED) is 0.778. The monoisotopic (exact) mass is 314 g/mol. The molecule has 6 heteroatoms. The number of halogens is 1. The van der Waals surface area contributed by atoms with Crippen molar-refractivity contribution < 1.29 is 5.11 Å². The van der Waals surface area contributed by atoms with Crippen LogP contribution in [-0.4, -0.2) is 33.8 Å². The van der Waals surface area contributed by atoms with E-state index in [4.69, 9.17) is 0 Å². The van der Waals surface area contributed by atoms with E-state index in [1.807, 2.05) is 6.92 Å². The summed E-state index contributed by atoms with van der Waals surface area (Å²) in [7, 11) is 0. The molecule has 18 heavy (non-hydrogen) atoms. The summed E-state index contributed by atoms with van der Waals surface area (Å²) in [6.07, 6.45) is 5.45. The van der Waals surface area contributed by atoms with Crippen molar-refractivity contribution in [2.75, 3.05) is 23.7 Å². The van der Waals surface area contributed by atoms with Crippen LogP contribution in [0.1, 0.15) is 32.6 Å². The topological polar surface area (TPSA) is 70.1 Å². The van der Waals surface area contributed by atoms with Crippen LogP contribution < -0.4 is 10.6 Å². The third-order valence-electron chi connectivity index (χ3n) is 3.25. The molecule has 100 valence electrons. The van der Waals surface area contributed by atoms with Crippen LogP contribution in [0.25, 0.3) is 0 Å². The van der Waals surface area contributed by atoms with E-state index < -0.39 is 5.60 Å². The Hall–Kier alpha value is -0.880. The number of hydrogen-bond acceptors (Lipinski definition) is 5. The maximum atomic E-state index is 10.3. The van der Waals surface area contributed by atoms with Gasteiger partial charge in [0.25, 0.3) is 0 Å². The molecule has 0 saturated heterocycles. The van der Waals surface area contributed by atoms with Crippen molar-refractivity contribution in [3.63, 3.8) is 0 Å². The zero-order valence-electron chi connectivity index (χ0n) is 10.5. The molecule has 1 aromatic rings. The number of aliphatic hydroxyl groups is 1. The van der Waals surface area contributed by atoms with Gasteiger partial charge in [-0.1, -0.05) is 12.8 Å². The van der Waals surface area contributed by atoms with Gasteiger partial charge in [0.15, 0.2) is 0 Å². The number of aromatic nitrogens is 2. The molecule has 1 aliphatic carbocycles. The van der Waals surface area contributed by atoms with Gasteiger partial charge in [-0.05, 0) is 35.7 Å². The fourth-order valence-corrected chi connectivity index (χ4v) is 2.73. The van der Waals surface area contributed by atoms with Crippen molar-refractivity contribution >= 4 is 27.6 Å². The van der Waals surface area contributed by atoms with Crippen LogP contribution in [-0.2, 0) is 0 Å². The number of hydrogen-bond donors (Lipinski definition) is 3. The Labute approximate surface area is 116 Å². The molecule has 1 saturated carbocycles. The number of nitrogens with zero attached hydrogens (tertiary/aromatic N) is 2. The molecule has 0 bridgehead atoms. The third kappa shape index (κ3) is 3.11. The molecule has 0 amide bonds. The maximum absolute atomic E-state index is 10.3. The minimum atomic E-state index is -0.581. The van der Waals surface area contributed by atoms with Crippen molar-refractivity contribution in [1.29, 1.82) is 0 Å². The molecule has 2 rings (SSSR count). The molecule has 0 unspecified atom stereocenters. The maximum Gasteiger partial charge on any atom is 0.146 e. The van der Waals surface area contributed by atoms with Crippen molar-refractivity contribution in [1.82, 2.24) is 9.97 Å². The summed E-state index contributed by atoms with van der Waals surface area (Å²) < 4.78 is 0.813. The zero-order chi connectivity index (χ0) is 13.0. The molecule has 1 aromatic heterocycles. The van der Waals surface area contributed by atoms with E-state index >= 15 is 0 Å². The first-order valence-corrected chi connectivity index (χ1v) is 7.14. The highest BCUT2D eigenvalue weighted by Crippen LogP contribution is 2.31. The van der Waals surface area contributed by atoms with Crippen molar-refractivity contribution in [3.05, 3.63) is 10.8 Å². The highest BCUT2D eigenvalue weighted by Gasteiger charge is 2.31. The first-order chi connectivity index (χ1) is 8.64. The largest absolute Gasteiger partial charge is 0.388 e. The Morgan fingerprint density at radius 1 is 1.28 bits per heavy atom. The van der Waals surface area contributed by atoms with Crippen LogP contribution in [0, 0.1) is 0 Å². The lowest BCUT2D eigenvalue weighted by Gasteiger charge is -2.23. The molecule has 0 spiro atoms. The summed E-state index contributed by atoms with van der Waals surface area (Å²) in [6.45, 7) is 3.36. The molecular weight excluding hydrogens is 296 g/mol. The SMILES string of the molecule is CCNc1ncnc(NCC2(O)CCCC2)c1Br. The van der Waals surface area contributed by atoms with E-state index in [0.717, 1.165) is 48.3 Å². The van der Waals surface area contributed by atoms with Crippen molar-refractivity contribution in [3.8, 4) is 0 Å². The van der Waals surface area contributed by atoms with Gasteiger partial charge in [-0.3, -0.25) is 0 Å². The average molecular weight is 315 g/mol. The predicted molar refractivity (Wildman–Crippen MR) is 75.8 cm³/mol. The van der Waals surface area contributed by atoms with Gasteiger partial charge in [0.2, 0.25) is 0 Å². The van der Waals surface area contributed by atoms with Crippen LogP contribution in [0.2, 0.25) is 0 Å². The number of nitrogens with one attached hydrogen (secondary N) is 2. The highest BCUT2D eigenvalue weighted by atomic mass is 79.9. The van der Waals surface area contributed by atoms with E-state index in [1.165, 1.54) is 6.33 Å². The third-order valence-corrected chi connectivity index (χ3v) is 4.00. The summed E-state index contributed by atoms with van der Waals surface area (Å²) in [5, 5.41) is 16.6. The van der Waals surface area contributed by atoms with Gasteiger partial charge in [-0.15, -0.1) is 0 Å². The van der Waals surface area contributed by atoms with Gasteiger partial charge in [-0.25, -0.2) is 9.97 Å². The molecule has 5 nitrogen and oxygen atoms in total. The van der Waals surface area contributed by atoms with Crippen LogP contribution >= 0.6 is 15.9 Å². The Kier molecular flexibility index (Phi) is 4.40. The van der Waals surface area contributed by atoms with E-state index in [1.54, 1.807) is 0 Å². The van der Waals surface area contributed by atoms with Crippen LogP contribution in [0.4, 0.5) is 11.6 Å². The molecule has 0 aromatic carbocycles. The molecular formula is C12H19BrN4O. The minimum absolute atomic E-state index is 0.536. The van der Waals surface area contributed by atoms with E-state index in [-0.39, 0.29) is 0 Å². The lowest BCUT2D eigenvalue weighted by molar-refractivity contribution is 0.0614. The average Bonchev–Trinajstić information content (AvgIpc) is 2.78. The predicted octanol–water partition coefficient (Wildman–Crippen LogP) is 2.39. The van der Waals surface area contributed by atoms with Gasteiger partial charge in [0.05, 0.1) is 5.60 Å². The highest BCUT2D eigenvalue weighted by molar-refractivity contribution is 9.10. The van der Waals surface area contributed by atoms with Gasteiger partial charge in [0.1, 0.15) is 22.4 Å². The van der Waals surface area contributed by atoms with Crippen LogP contribution in [0.3, 0.4) is 0 Å². The molecule has 0 atom stereocenters. The molecule has 3 N–H and O–H groups in total.